The Morgan fingerprint density at radius 3 is 2.74 bits per heavy atom. The van der Waals surface area contributed by atoms with Gasteiger partial charge in [0.05, 0.1) is 12.5 Å². The minimum Gasteiger partial charge on any atom is -0.472 e. The molecule has 0 bridgehead atoms. The molecule has 1 aromatic carbocycles. The molecule has 6 nitrogen and oxygen atoms in total. The van der Waals surface area contributed by atoms with Crippen LogP contribution in [0.4, 0.5) is 5.95 Å². The summed E-state index contributed by atoms with van der Waals surface area (Å²) in [7, 11) is 0. The summed E-state index contributed by atoms with van der Waals surface area (Å²) in [6.07, 6.45) is 5.03. The highest BCUT2D eigenvalue weighted by Gasteiger charge is 2.13. The number of hydrogen-bond donors (Lipinski definition) is 1. The van der Waals surface area contributed by atoms with Crippen LogP contribution in [0.15, 0.2) is 71.7 Å². The summed E-state index contributed by atoms with van der Waals surface area (Å²) in [4.78, 5) is 16.6. The molecule has 0 saturated carbocycles. The van der Waals surface area contributed by atoms with E-state index in [1.807, 2.05) is 36.4 Å². The van der Waals surface area contributed by atoms with Gasteiger partial charge in [0, 0.05) is 22.9 Å². The summed E-state index contributed by atoms with van der Waals surface area (Å²) in [6.45, 7) is 0. The van der Waals surface area contributed by atoms with Crippen molar-refractivity contribution in [1.29, 1.82) is 0 Å². The van der Waals surface area contributed by atoms with Gasteiger partial charge in [0.25, 0.3) is 5.91 Å². The van der Waals surface area contributed by atoms with Crippen LogP contribution < -0.4 is 5.32 Å². The molecule has 3 aromatic heterocycles. The number of pyridine rings is 1. The monoisotopic (exact) mass is 304 g/mol. The molecular formula is C17H12N4O2. The molecule has 4 rings (SSSR count). The van der Waals surface area contributed by atoms with Crippen LogP contribution in [-0.2, 0) is 0 Å². The van der Waals surface area contributed by atoms with Crippen molar-refractivity contribution in [3.05, 3.63) is 72.8 Å². The van der Waals surface area contributed by atoms with Gasteiger partial charge in [0.2, 0.25) is 5.95 Å². The van der Waals surface area contributed by atoms with Gasteiger partial charge in [-0.15, -0.1) is 5.10 Å². The Bertz CT molecular complexity index is 959. The van der Waals surface area contributed by atoms with Crippen LogP contribution in [-0.4, -0.2) is 20.5 Å². The summed E-state index contributed by atoms with van der Waals surface area (Å²) in [5.41, 5.74) is 3.00. The molecule has 0 radical (unpaired) electrons. The van der Waals surface area contributed by atoms with Crippen LogP contribution in [0.1, 0.15) is 10.4 Å². The number of nitrogens with zero attached hydrogens (tertiary/aromatic N) is 3. The third-order valence-corrected chi connectivity index (χ3v) is 3.46. The first-order valence-electron chi connectivity index (χ1n) is 7.05. The number of furan rings is 1. The smallest absolute Gasteiger partial charge is 0.258 e. The Morgan fingerprint density at radius 2 is 1.96 bits per heavy atom. The first-order valence-corrected chi connectivity index (χ1v) is 7.05. The lowest BCUT2D eigenvalue weighted by molar-refractivity contribution is 0.102. The Balaban J connectivity index is 1.70. The van der Waals surface area contributed by atoms with Crippen molar-refractivity contribution in [2.45, 2.75) is 0 Å². The maximum Gasteiger partial charge on any atom is 0.258 e. The summed E-state index contributed by atoms with van der Waals surface area (Å²) in [5, 5.41) is 7.01. The van der Waals surface area contributed by atoms with Crippen LogP contribution in [0.3, 0.4) is 0 Å². The lowest BCUT2D eigenvalue weighted by Gasteiger charge is -1.99. The molecule has 0 aliphatic carbocycles. The lowest BCUT2D eigenvalue weighted by Crippen LogP contribution is -2.12. The maximum absolute atomic E-state index is 12.2. The van der Waals surface area contributed by atoms with Crippen molar-refractivity contribution < 1.29 is 9.21 Å². The van der Waals surface area contributed by atoms with Gasteiger partial charge < -0.3 is 4.42 Å². The van der Waals surface area contributed by atoms with E-state index >= 15 is 0 Å². The van der Waals surface area contributed by atoms with Crippen molar-refractivity contribution in [1.82, 2.24) is 14.6 Å². The highest BCUT2D eigenvalue weighted by atomic mass is 16.3. The quantitative estimate of drug-likeness (QED) is 0.630. The van der Waals surface area contributed by atoms with E-state index in [1.165, 1.54) is 0 Å². The van der Waals surface area contributed by atoms with Gasteiger partial charge in [0.1, 0.15) is 0 Å². The van der Waals surface area contributed by atoms with Crippen LogP contribution in [0.2, 0.25) is 0 Å². The number of nitrogens with one attached hydrogen (secondary N) is 1. The normalized spacial score (nSPS) is 10.8. The molecule has 0 fully saturated rings. The number of rotatable bonds is 3. The van der Waals surface area contributed by atoms with Crippen LogP contribution in [0.5, 0.6) is 0 Å². The summed E-state index contributed by atoms with van der Waals surface area (Å²) in [5.74, 6) is 0.0150. The Morgan fingerprint density at radius 1 is 1.09 bits per heavy atom. The zero-order chi connectivity index (χ0) is 15.6. The fraction of sp³-hybridized carbons (Fsp3) is 0. The van der Waals surface area contributed by atoms with Crippen LogP contribution in [0, 0.1) is 0 Å². The SMILES string of the molecule is O=C(Nc1nc2c(-c3ccoc3)cccn2n1)c1ccccc1. The van der Waals surface area contributed by atoms with Crippen molar-refractivity contribution >= 4 is 17.5 Å². The average Bonchev–Trinajstić information content (AvgIpc) is 3.24. The molecule has 1 amide bonds. The molecule has 1 N–H and O–H groups in total. The molecule has 112 valence electrons. The third kappa shape index (κ3) is 2.46. The van der Waals surface area contributed by atoms with Crippen LogP contribution >= 0.6 is 0 Å². The minimum atomic E-state index is -0.244. The molecule has 0 aliphatic rings. The number of benzene rings is 1. The predicted molar refractivity (Wildman–Crippen MR) is 85.1 cm³/mol. The molecule has 0 spiro atoms. The van der Waals surface area contributed by atoms with Crippen molar-refractivity contribution in [2.75, 3.05) is 5.32 Å². The van der Waals surface area contributed by atoms with Gasteiger partial charge in [-0.1, -0.05) is 18.2 Å². The Kier molecular flexibility index (Phi) is 3.12. The summed E-state index contributed by atoms with van der Waals surface area (Å²) in [6, 6.07) is 14.6. The van der Waals surface area contributed by atoms with E-state index in [2.05, 4.69) is 15.4 Å². The molecule has 23 heavy (non-hydrogen) atoms. The molecular weight excluding hydrogens is 292 g/mol. The highest BCUT2D eigenvalue weighted by Crippen LogP contribution is 2.24. The number of amides is 1. The number of carbonyl (C=O) groups is 1. The fourth-order valence-corrected chi connectivity index (χ4v) is 2.37. The van der Waals surface area contributed by atoms with Gasteiger partial charge in [-0.05, 0) is 30.3 Å². The molecule has 6 heteroatoms. The first kappa shape index (κ1) is 13.3. The van der Waals surface area contributed by atoms with E-state index in [-0.39, 0.29) is 11.9 Å². The van der Waals surface area contributed by atoms with Gasteiger partial charge >= 0.3 is 0 Å². The number of fused-ring (bicyclic) bond motifs is 1. The van der Waals surface area contributed by atoms with E-state index in [9.17, 15) is 4.79 Å². The van der Waals surface area contributed by atoms with E-state index < -0.39 is 0 Å². The van der Waals surface area contributed by atoms with E-state index in [0.29, 0.717) is 11.2 Å². The second kappa shape index (κ2) is 5.42. The lowest BCUT2D eigenvalue weighted by atomic mass is 10.1. The van der Waals surface area contributed by atoms with E-state index in [4.69, 9.17) is 4.42 Å². The molecule has 0 saturated heterocycles. The number of anilines is 1. The highest BCUT2D eigenvalue weighted by molar-refractivity contribution is 6.03. The zero-order valence-corrected chi connectivity index (χ0v) is 12.0. The first-order chi connectivity index (χ1) is 11.3. The van der Waals surface area contributed by atoms with Gasteiger partial charge in [-0.3, -0.25) is 10.1 Å². The van der Waals surface area contributed by atoms with Crippen molar-refractivity contribution in [2.24, 2.45) is 0 Å². The maximum atomic E-state index is 12.2. The number of hydrogen-bond acceptors (Lipinski definition) is 4. The van der Waals surface area contributed by atoms with Crippen molar-refractivity contribution in [3.63, 3.8) is 0 Å². The average molecular weight is 304 g/mol. The largest absolute Gasteiger partial charge is 0.472 e. The summed E-state index contributed by atoms with van der Waals surface area (Å²) >= 11 is 0. The van der Waals surface area contributed by atoms with E-state index in [1.54, 1.807) is 35.4 Å². The molecule has 0 atom stereocenters. The van der Waals surface area contributed by atoms with E-state index in [0.717, 1.165) is 11.1 Å². The summed E-state index contributed by atoms with van der Waals surface area (Å²) < 4.78 is 6.75. The molecule has 0 aliphatic heterocycles. The van der Waals surface area contributed by atoms with Gasteiger partial charge in [-0.2, -0.15) is 4.98 Å². The predicted octanol–water partition coefficient (Wildman–Crippen LogP) is 3.24. The van der Waals surface area contributed by atoms with Gasteiger partial charge in [0.15, 0.2) is 5.65 Å². The number of carbonyl (C=O) groups excluding carboxylic acids is 1. The zero-order valence-electron chi connectivity index (χ0n) is 12.0. The second-order valence-corrected chi connectivity index (χ2v) is 4.96. The fourth-order valence-electron chi connectivity index (χ4n) is 2.37. The van der Waals surface area contributed by atoms with Crippen molar-refractivity contribution in [3.8, 4) is 11.1 Å². The number of aromatic nitrogens is 3. The molecule has 3 heterocycles. The standard InChI is InChI=1S/C17H12N4O2/c22-16(12-5-2-1-3-6-12)19-17-18-15-14(13-8-10-23-11-13)7-4-9-21(15)20-17/h1-11H,(H,19,20,22). The Hall–Kier alpha value is -3.41. The third-order valence-electron chi connectivity index (χ3n) is 3.46. The molecule has 4 aromatic rings. The molecule has 0 unspecified atom stereocenters. The minimum absolute atomic E-state index is 0.244. The topological polar surface area (TPSA) is 72.4 Å². The Labute approximate surface area is 131 Å². The van der Waals surface area contributed by atoms with Crippen LogP contribution in [0.25, 0.3) is 16.8 Å². The second-order valence-electron chi connectivity index (χ2n) is 4.96. The van der Waals surface area contributed by atoms with Gasteiger partial charge in [-0.25, -0.2) is 4.52 Å².